The Balaban J connectivity index is 1.00. The summed E-state index contributed by atoms with van der Waals surface area (Å²) in [6.07, 6.45) is 4.07. The number of β-lactam (4-membered cyclic amide) rings is 1. The van der Waals surface area contributed by atoms with E-state index in [1.165, 1.54) is 46.0 Å². The Bertz CT molecular complexity index is 2600. The van der Waals surface area contributed by atoms with Gasteiger partial charge in [0.15, 0.2) is 5.82 Å². The van der Waals surface area contributed by atoms with Crippen LogP contribution in [0.15, 0.2) is 64.9 Å². The fourth-order valence-corrected chi connectivity index (χ4v) is 8.98. The number of carboxylic acids is 1. The molecule has 2 aromatic carbocycles. The number of halogens is 2. The van der Waals surface area contributed by atoms with Gasteiger partial charge in [-0.2, -0.15) is 0 Å². The first kappa shape index (κ1) is 40.2. The van der Waals surface area contributed by atoms with Gasteiger partial charge in [-0.3, -0.25) is 29.1 Å². The maximum Gasteiger partial charge on any atom is 0.352 e. The van der Waals surface area contributed by atoms with Gasteiger partial charge >= 0.3 is 11.9 Å². The highest BCUT2D eigenvalue weighted by molar-refractivity contribution is 8.00. The van der Waals surface area contributed by atoms with E-state index < -0.39 is 82.0 Å². The van der Waals surface area contributed by atoms with Crippen molar-refractivity contribution in [2.24, 2.45) is 5.73 Å². The summed E-state index contributed by atoms with van der Waals surface area (Å²) in [5.41, 5.74) is 3.93. The lowest BCUT2D eigenvalue weighted by atomic mass is 10.0. The standard InChI is InChI=1S/C40H37F2N7O10S/c1-17-10-27(51)24(12-44-17)35(53)45-29(18-2-6-22(50)7-3-18)36(54)46-30-37(55)49-31(39(56)57)19(16-60-38(30)49)15-59-40(58)25-14-48(21-4-5-21)32-23(34(25)52)11-26(41)33(28(32)42)47-9-8-20(43)13-47/h2-3,6-7,10-12,14,20-21,29-30,38,50H,4-5,8-9,13,15-16,43H2,1H3,(H,44,51)(H,45,53)(H,46,54)(H,56,57)/t20?,29-,30-,38-/m1/s1. The number of hydrogen-bond donors (Lipinski definition) is 6. The molecule has 3 fully saturated rings. The van der Waals surface area contributed by atoms with Crippen LogP contribution < -0.4 is 26.7 Å². The number of nitrogens with zero attached hydrogens (tertiary/aromatic N) is 4. The Labute approximate surface area is 342 Å². The molecule has 0 radical (unpaired) electrons. The lowest BCUT2D eigenvalue weighted by Gasteiger charge is -2.49. The summed E-state index contributed by atoms with van der Waals surface area (Å²) in [6, 6.07) is 4.22. The third kappa shape index (κ3) is 7.25. The number of aryl methyl sites for hydroxylation is 1. The average molecular weight is 846 g/mol. The highest BCUT2D eigenvalue weighted by Crippen LogP contribution is 2.42. The second-order valence-corrected chi connectivity index (χ2v) is 16.1. The van der Waals surface area contributed by atoms with E-state index >= 15 is 8.78 Å². The molecular formula is C40H37F2N7O10S. The quantitative estimate of drug-likeness (QED) is 0.0938. The number of benzene rings is 2. The zero-order valence-corrected chi connectivity index (χ0v) is 32.5. The van der Waals surface area contributed by atoms with Crippen molar-refractivity contribution in [3.8, 4) is 11.5 Å². The van der Waals surface area contributed by atoms with Crippen molar-refractivity contribution in [2.45, 2.75) is 55.7 Å². The van der Waals surface area contributed by atoms with Crippen LogP contribution >= 0.6 is 11.8 Å². The number of carbonyl (C=O) groups is 5. The van der Waals surface area contributed by atoms with Crippen LogP contribution in [0.5, 0.6) is 11.5 Å². The summed E-state index contributed by atoms with van der Waals surface area (Å²) in [5, 5.41) is 34.2. The molecule has 1 aliphatic carbocycles. The third-order valence-corrected chi connectivity index (χ3v) is 12.2. The van der Waals surface area contributed by atoms with Crippen LogP contribution in [0, 0.1) is 18.6 Å². The number of pyridine rings is 2. The summed E-state index contributed by atoms with van der Waals surface area (Å²) < 4.78 is 38.4. The van der Waals surface area contributed by atoms with Crippen molar-refractivity contribution < 1.29 is 52.8 Å². The number of aromatic hydroxyl groups is 2. The van der Waals surface area contributed by atoms with E-state index in [0.29, 0.717) is 31.5 Å². The van der Waals surface area contributed by atoms with E-state index in [1.54, 1.807) is 6.92 Å². The van der Waals surface area contributed by atoms with Crippen LogP contribution in [0.4, 0.5) is 14.5 Å². The lowest BCUT2D eigenvalue weighted by molar-refractivity contribution is -0.151. The van der Waals surface area contributed by atoms with Gasteiger partial charge in [-0.1, -0.05) is 12.1 Å². The van der Waals surface area contributed by atoms with Crippen LogP contribution in [0.25, 0.3) is 10.9 Å². The number of carboxylic acid groups (broad SMARTS) is 1. The number of fused-ring (bicyclic) bond motifs is 2. The van der Waals surface area contributed by atoms with Crippen LogP contribution in [0.1, 0.15) is 63.3 Å². The van der Waals surface area contributed by atoms with Gasteiger partial charge in [-0.05, 0) is 49.9 Å². The van der Waals surface area contributed by atoms with Crippen molar-refractivity contribution in [1.82, 2.24) is 25.1 Å². The molecule has 4 aliphatic rings. The molecule has 4 atom stereocenters. The predicted octanol–water partition coefficient (Wildman–Crippen LogP) is 2.33. The maximum atomic E-state index is 16.1. The lowest BCUT2D eigenvalue weighted by Crippen LogP contribution is -2.71. The number of carbonyl (C=O) groups excluding carboxylic acids is 4. The fraction of sp³-hybridized carbons (Fsp3) is 0.325. The van der Waals surface area contributed by atoms with Gasteiger partial charge in [0.25, 0.3) is 11.8 Å². The van der Waals surface area contributed by atoms with E-state index in [4.69, 9.17) is 10.5 Å². The number of rotatable bonds is 11. The normalized spacial score (nSPS) is 20.4. The minimum atomic E-state index is -1.53. The van der Waals surface area contributed by atoms with Crippen molar-refractivity contribution >= 4 is 58.0 Å². The van der Waals surface area contributed by atoms with E-state index in [-0.39, 0.29) is 69.2 Å². The van der Waals surface area contributed by atoms with E-state index in [9.17, 15) is 44.1 Å². The zero-order valence-electron chi connectivity index (χ0n) is 31.7. The number of phenolic OH excluding ortho intramolecular Hbond substituents is 1. The van der Waals surface area contributed by atoms with Gasteiger partial charge < -0.3 is 45.9 Å². The first-order valence-electron chi connectivity index (χ1n) is 18.8. The number of thioether (sulfide) groups is 1. The number of aromatic nitrogens is 2. The molecule has 5 heterocycles. The Kier molecular flexibility index (Phi) is 10.4. The monoisotopic (exact) mass is 845 g/mol. The maximum absolute atomic E-state index is 16.1. The second-order valence-electron chi connectivity index (χ2n) is 15.0. The molecule has 3 aliphatic heterocycles. The molecule has 0 spiro atoms. The topological polar surface area (TPSA) is 247 Å². The van der Waals surface area contributed by atoms with Crippen molar-refractivity contribution in [3.63, 3.8) is 0 Å². The zero-order chi connectivity index (χ0) is 42.7. The summed E-state index contributed by atoms with van der Waals surface area (Å²) in [4.78, 5) is 86.6. The first-order valence-corrected chi connectivity index (χ1v) is 19.9. The Hall–Kier alpha value is -6.54. The molecule has 1 saturated carbocycles. The van der Waals surface area contributed by atoms with Crippen LogP contribution in [-0.2, 0) is 19.1 Å². The molecule has 4 aromatic rings. The number of aliphatic carboxylic acids is 1. The predicted molar refractivity (Wildman–Crippen MR) is 210 cm³/mol. The summed E-state index contributed by atoms with van der Waals surface area (Å²) in [6.45, 7) is 1.49. The molecule has 8 rings (SSSR count). The van der Waals surface area contributed by atoms with E-state index in [1.807, 2.05) is 0 Å². The number of ether oxygens (including phenoxy) is 1. The number of hydrogen-bond acceptors (Lipinski definition) is 13. The number of anilines is 1. The van der Waals surface area contributed by atoms with Gasteiger partial charge in [0.1, 0.15) is 58.3 Å². The van der Waals surface area contributed by atoms with Crippen LogP contribution in [0.3, 0.4) is 0 Å². The minimum absolute atomic E-state index is 0.00448. The molecule has 7 N–H and O–H groups in total. The van der Waals surface area contributed by atoms with Gasteiger partial charge in [-0.25, -0.2) is 18.4 Å². The SMILES string of the molecule is Cc1cc(O)c(C(=O)N[C@@H](C(=O)N[C@@H]2C(=O)N3C(C(=O)O)=C(COC(=O)c4cn(C5CC5)c5c(F)c(N6CCC(N)C6)c(F)cc5c4=O)CS[C@H]23)c2ccc(O)cc2)cn1. The van der Waals surface area contributed by atoms with Crippen LogP contribution in [-0.4, -0.2) is 102 Å². The second kappa shape index (κ2) is 15.6. The Morgan fingerprint density at radius 3 is 2.45 bits per heavy atom. The molecule has 20 heteroatoms. The summed E-state index contributed by atoms with van der Waals surface area (Å²) in [7, 11) is 0. The Morgan fingerprint density at radius 2 is 1.80 bits per heavy atom. The van der Waals surface area contributed by atoms with Gasteiger partial charge in [0, 0.05) is 60.7 Å². The molecule has 3 amide bonds. The number of esters is 1. The van der Waals surface area contributed by atoms with E-state index in [2.05, 4.69) is 15.6 Å². The van der Waals surface area contributed by atoms with Crippen molar-refractivity contribution in [2.75, 3.05) is 30.3 Å². The highest BCUT2D eigenvalue weighted by Gasteiger charge is 2.54. The van der Waals surface area contributed by atoms with Crippen LogP contribution in [0.2, 0.25) is 0 Å². The van der Waals surface area contributed by atoms with Gasteiger partial charge in [-0.15, -0.1) is 11.8 Å². The largest absolute Gasteiger partial charge is 0.508 e. The minimum Gasteiger partial charge on any atom is -0.508 e. The first-order chi connectivity index (χ1) is 28.6. The number of nitrogens with one attached hydrogen (secondary N) is 2. The smallest absolute Gasteiger partial charge is 0.352 e. The molecular weight excluding hydrogens is 809 g/mol. The molecule has 60 heavy (non-hydrogen) atoms. The molecule has 2 saturated heterocycles. The highest BCUT2D eigenvalue weighted by atomic mass is 32.2. The average Bonchev–Trinajstić information content (AvgIpc) is 3.97. The van der Waals surface area contributed by atoms with Gasteiger partial charge in [0.05, 0.1) is 16.5 Å². The fourth-order valence-electron chi connectivity index (χ4n) is 7.66. The number of phenols is 1. The third-order valence-electron chi connectivity index (χ3n) is 10.8. The molecule has 2 aromatic heterocycles. The Morgan fingerprint density at radius 1 is 1.07 bits per heavy atom. The summed E-state index contributed by atoms with van der Waals surface area (Å²) in [5.74, 6) is -7.80. The number of amides is 3. The number of nitrogens with two attached hydrogens (primary N) is 1. The molecule has 312 valence electrons. The van der Waals surface area contributed by atoms with E-state index in [0.717, 1.165) is 28.9 Å². The van der Waals surface area contributed by atoms with Crippen molar-refractivity contribution in [3.05, 3.63) is 104 Å². The summed E-state index contributed by atoms with van der Waals surface area (Å²) >= 11 is 1.06. The molecule has 0 bridgehead atoms. The van der Waals surface area contributed by atoms with Gasteiger partial charge in [0.2, 0.25) is 11.3 Å². The van der Waals surface area contributed by atoms with Crippen molar-refractivity contribution in [1.29, 1.82) is 0 Å². The molecule has 17 nitrogen and oxygen atoms in total. The molecule has 1 unspecified atom stereocenters.